The lowest BCUT2D eigenvalue weighted by Crippen LogP contribution is -2.06. The Morgan fingerprint density at radius 3 is 3.06 bits per heavy atom. The van der Waals surface area contributed by atoms with Crippen LogP contribution in [0.3, 0.4) is 0 Å². The van der Waals surface area contributed by atoms with Crippen LogP contribution in [-0.4, -0.2) is 16.5 Å². The zero-order valence-corrected chi connectivity index (χ0v) is 9.83. The molecule has 5 heteroatoms. The van der Waals surface area contributed by atoms with Gasteiger partial charge >= 0.3 is 0 Å². The third-order valence-corrected chi connectivity index (χ3v) is 2.60. The minimum Gasteiger partial charge on any atom is -0.384 e. The smallest absolute Gasteiger partial charge is 0.101 e. The fourth-order valence-electron chi connectivity index (χ4n) is 1.52. The first kappa shape index (κ1) is 11.5. The van der Waals surface area contributed by atoms with Crippen LogP contribution in [0, 0.1) is 11.3 Å². The molecule has 0 bridgehead atoms. The van der Waals surface area contributed by atoms with E-state index in [0.717, 1.165) is 24.3 Å². The highest BCUT2D eigenvalue weighted by Crippen LogP contribution is 2.19. The predicted octanol–water partition coefficient (Wildman–Crippen LogP) is 2.59. The maximum atomic E-state index is 8.96. The number of hydrogen-bond donors (Lipinski definition) is 2. The minimum atomic E-state index is 0.558. The number of imidazole rings is 1. The van der Waals surface area contributed by atoms with Crippen LogP contribution in [0.2, 0.25) is 5.02 Å². The van der Waals surface area contributed by atoms with Crippen molar-refractivity contribution in [3.8, 4) is 6.07 Å². The van der Waals surface area contributed by atoms with E-state index in [1.807, 2.05) is 6.07 Å². The highest BCUT2D eigenvalue weighted by Gasteiger charge is 2.02. The van der Waals surface area contributed by atoms with Crippen LogP contribution >= 0.6 is 11.6 Å². The molecule has 1 aromatic heterocycles. The predicted molar refractivity (Wildman–Crippen MR) is 66.9 cm³/mol. The Bertz CT molecular complexity index is 528. The molecule has 0 amide bonds. The van der Waals surface area contributed by atoms with Crippen LogP contribution in [0.15, 0.2) is 30.7 Å². The zero-order valence-electron chi connectivity index (χ0n) is 9.07. The first-order valence-electron chi connectivity index (χ1n) is 5.20. The Kier molecular flexibility index (Phi) is 3.63. The van der Waals surface area contributed by atoms with Crippen molar-refractivity contribution in [3.63, 3.8) is 0 Å². The van der Waals surface area contributed by atoms with Gasteiger partial charge in [0.05, 0.1) is 17.6 Å². The van der Waals surface area contributed by atoms with Crippen molar-refractivity contribution in [1.29, 1.82) is 5.26 Å². The van der Waals surface area contributed by atoms with Crippen molar-refractivity contribution in [2.24, 2.45) is 0 Å². The third kappa shape index (κ3) is 2.99. The van der Waals surface area contributed by atoms with Gasteiger partial charge in [-0.1, -0.05) is 11.6 Å². The summed E-state index contributed by atoms with van der Waals surface area (Å²) in [6.07, 6.45) is 4.26. The quantitative estimate of drug-likeness (QED) is 0.872. The molecule has 2 aromatic rings. The molecule has 0 aliphatic carbocycles. The monoisotopic (exact) mass is 246 g/mol. The van der Waals surface area contributed by atoms with E-state index in [1.165, 1.54) is 0 Å². The topological polar surface area (TPSA) is 64.5 Å². The summed E-state index contributed by atoms with van der Waals surface area (Å²) >= 11 is 5.82. The van der Waals surface area contributed by atoms with Crippen molar-refractivity contribution in [2.75, 3.05) is 11.9 Å². The Morgan fingerprint density at radius 1 is 1.47 bits per heavy atom. The van der Waals surface area contributed by atoms with Crippen molar-refractivity contribution >= 4 is 17.3 Å². The number of rotatable bonds is 4. The molecule has 86 valence electrons. The number of benzene rings is 1. The van der Waals surface area contributed by atoms with Crippen LogP contribution in [0.5, 0.6) is 0 Å². The van der Waals surface area contributed by atoms with E-state index >= 15 is 0 Å². The summed E-state index contributed by atoms with van der Waals surface area (Å²) in [6.45, 7) is 0.735. The van der Waals surface area contributed by atoms with Crippen LogP contribution in [0.25, 0.3) is 0 Å². The van der Waals surface area contributed by atoms with Gasteiger partial charge in [0.1, 0.15) is 6.07 Å². The summed E-state index contributed by atoms with van der Waals surface area (Å²) in [6, 6.07) is 7.34. The molecule has 17 heavy (non-hydrogen) atoms. The molecule has 2 rings (SSSR count). The summed E-state index contributed by atoms with van der Waals surface area (Å²) in [4.78, 5) is 6.96. The average Bonchev–Trinajstić information content (AvgIpc) is 2.84. The van der Waals surface area contributed by atoms with Gasteiger partial charge in [0.25, 0.3) is 0 Å². The van der Waals surface area contributed by atoms with Gasteiger partial charge in [0.15, 0.2) is 0 Å². The van der Waals surface area contributed by atoms with Gasteiger partial charge < -0.3 is 10.3 Å². The number of hydrogen-bond acceptors (Lipinski definition) is 3. The summed E-state index contributed by atoms with van der Waals surface area (Å²) in [5, 5.41) is 12.7. The number of nitrogens with one attached hydrogen (secondary N) is 2. The molecule has 4 nitrogen and oxygen atoms in total. The van der Waals surface area contributed by atoms with Crippen molar-refractivity contribution in [3.05, 3.63) is 47.0 Å². The van der Waals surface area contributed by atoms with Crippen molar-refractivity contribution < 1.29 is 0 Å². The van der Waals surface area contributed by atoms with Crippen molar-refractivity contribution in [2.45, 2.75) is 6.42 Å². The SMILES string of the molecule is N#Cc1cc(Cl)ccc1NCCc1cnc[nH]1. The molecule has 0 saturated carbocycles. The lowest BCUT2D eigenvalue weighted by Gasteiger charge is -2.07. The molecule has 1 heterocycles. The maximum absolute atomic E-state index is 8.96. The van der Waals surface area contributed by atoms with Gasteiger partial charge in [-0.25, -0.2) is 4.98 Å². The van der Waals surface area contributed by atoms with Gasteiger partial charge in [-0.15, -0.1) is 0 Å². The summed E-state index contributed by atoms with van der Waals surface area (Å²) in [5.74, 6) is 0. The summed E-state index contributed by atoms with van der Waals surface area (Å²) in [7, 11) is 0. The van der Waals surface area contributed by atoms with Crippen LogP contribution in [-0.2, 0) is 6.42 Å². The molecule has 0 atom stereocenters. The van der Waals surface area contributed by atoms with Crippen molar-refractivity contribution in [1.82, 2.24) is 9.97 Å². The first-order chi connectivity index (χ1) is 8.29. The number of nitriles is 1. The fraction of sp³-hybridized carbons (Fsp3) is 0.167. The number of H-pyrrole nitrogens is 1. The number of nitrogens with zero attached hydrogens (tertiary/aromatic N) is 2. The molecule has 2 N–H and O–H groups in total. The summed E-state index contributed by atoms with van der Waals surface area (Å²) in [5.41, 5.74) is 2.42. The molecule has 0 saturated heterocycles. The molecular formula is C12H11ClN4. The van der Waals surface area contributed by atoms with Crippen LogP contribution in [0.4, 0.5) is 5.69 Å². The zero-order chi connectivity index (χ0) is 12.1. The number of aromatic nitrogens is 2. The third-order valence-electron chi connectivity index (χ3n) is 2.37. The molecule has 1 aromatic carbocycles. The Morgan fingerprint density at radius 2 is 2.35 bits per heavy atom. The molecule has 0 unspecified atom stereocenters. The molecule has 0 aliphatic heterocycles. The second-order valence-corrected chi connectivity index (χ2v) is 3.99. The Balaban J connectivity index is 1.97. The number of anilines is 1. The molecule has 0 fully saturated rings. The van der Waals surface area contributed by atoms with Crippen LogP contribution < -0.4 is 5.32 Å². The standard InChI is InChI=1S/C12H11ClN4/c13-10-1-2-12(9(5-10)6-14)16-4-3-11-7-15-8-17-11/h1-2,5,7-8,16H,3-4H2,(H,15,17). The van der Waals surface area contributed by atoms with Crippen LogP contribution in [0.1, 0.15) is 11.3 Å². The minimum absolute atomic E-state index is 0.558. The molecular weight excluding hydrogens is 236 g/mol. The second kappa shape index (κ2) is 5.37. The van der Waals surface area contributed by atoms with Gasteiger partial charge in [0, 0.05) is 29.9 Å². The Hall–Kier alpha value is -1.99. The highest BCUT2D eigenvalue weighted by atomic mass is 35.5. The van der Waals surface area contributed by atoms with E-state index in [0.29, 0.717) is 10.6 Å². The lowest BCUT2D eigenvalue weighted by molar-refractivity contribution is 0.976. The van der Waals surface area contributed by atoms with E-state index in [1.54, 1.807) is 24.7 Å². The van der Waals surface area contributed by atoms with E-state index in [2.05, 4.69) is 21.4 Å². The fourth-order valence-corrected chi connectivity index (χ4v) is 1.69. The Labute approximate surface area is 104 Å². The number of halogens is 1. The van der Waals surface area contributed by atoms with Gasteiger partial charge in [-0.3, -0.25) is 0 Å². The van der Waals surface area contributed by atoms with E-state index in [-0.39, 0.29) is 0 Å². The largest absolute Gasteiger partial charge is 0.384 e. The van der Waals surface area contributed by atoms with Gasteiger partial charge in [-0.2, -0.15) is 5.26 Å². The molecule has 0 spiro atoms. The molecule has 0 aliphatic rings. The van der Waals surface area contributed by atoms with E-state index < -0.39 is 0 Å². The van der Waals surface area contributed by atoms with Gasteiger partial charge in [-0.05, 0) is 18.2 Å². The number of aromatic amines is 1. The summed E-state index contributed by atoms with van der Waals surface area (Å²) < 4.78 is 0. The second-order valence-electron chi connectivity index (χ2n) is 3.56. The highest BCUT2D eigenvalue weighted by molar-refractivity contribution is 6.30. The van der Waals surface area contributed by atoms with E-state index in [4.69, 9.17) is 16.9 Å². The lowest BCUT2D eigenvalue weighted by atomic mass is 10.2. The normalized spacial score (nSPS) is 9.88. The van der Waals surface area contributed by atoms with Gasteiger partial charge in [0.2, 0.25) is 0 Å². The first-order valence-corrected chi connectivity index (χ1v) is 5.58. The maximum Gasteiger partial charge on any atom is 0.101 e. The van der Waals surface area contributed by atoms with E-state index in [9.17, 15) is 0 Å². The molecule has 0 radical (unpaired) electrons. The average molecular weight is 247 g/mol.